The van der Waals surface area contributed by atoms with Gasteiger partial charge in [0.2, 0.25) is 0 Å². The van der Waals surface area contributed by atoms with E-state index in [2.05, 4.69) is 9.97 Å². The molecule has 1 aliphatic carbocycles. The number of ether oxygens (including phenoxy) is 2. The molecule has 0 saturated carbocycles. The van der Waals surface area contributed by atoms with Gasteiger partial charge in [-0.05, 0) is 6.92 Å². The Kier molecular flexibility index (Phi) is 2.68. The number of aromatic nitrogens is 2. The minimum Gasteiger partial charge on any atom is -0.498 e. The SMILES string of the molecule is COC1=Cc2ncnc(C)c2CC1OC. The van der Waals surface area contributed by atoms with Gasteiger partial charge >= 0.3 is 0 Å². The molecule has 4 heteroatoms. The summed E-state index contributed by atoms with van der Waals surface area (Å²) < 4.78 is 10.6. The topological polar surface area (TPSA) is 44.2 Å². The van der Waals surface area contributed by atoms with E-state index in [9.17, 15) is 0 Å². The summed E-state index contributed by atoms with van der Waals surface area (Å²) in [6.07, 6.45) is 4.25. The Morgan fingerprint density at radius 2 is 2.13 bits per heavy atom. The highest BCUT2D eigenvalue weighted by molar-refractivity contribution is 5.56. The minimum atomic E-state index is -0.0211. The number of hydrogen-bond donors (Lipinski definition) is 0. The van der Waals surface area contributed by atoms with E-state index in [0.29, 0.717) is 0 Å². The van der Waals surface area contributed by atoms with Gasteiger partial charge in [0.25, 0.3) is 0 Å². The van der Waals surface area contributed by atoms with Crippen LogP contribution in [0.3, 0.4) is 0 Å². The van der Waals surface area contributed by atoms with Gasteiger partial charge in [-0.15, -0.1) is 0 Å². The van der Waals surface area contributed by atoms with Crippen LogP contribution < -0.4 is 0 Å². The molecule has 0 aromatic carbocycles. The molecule has 0 bridgehead atoms. The van der Waals surface area contributed by atoms with Gasteiger partial charge in [-0.1, -0.05) is 0 Å². The molecule has 1 heterocycles. The number of aryl methyl sites for hydroxylation is 1. The molecule has 0 aliphatic heterocycles. The first-order valence-electron chi connectivity index (χ1n) is 4.85. The second-order valence-corrected chi connectivity index (χ2v) is 3.50. The van der Waals surface area contributed by atoms with Crippen molar-refractivity contribution in [2.75, 3.05) is 14.2 Å². The lowest BCUT2D eigenvalue weighted by atomic mass is 9.97. The number of hydrogen-bond acceptors (Lipinski definition) is 4. The lowest BCUT2D eigenvalue weighted by Gasteiger charge is -2.23. The lowest BCUT2D eigenvalue weighted by molar-refractivity contribution is 0.0791. The van der Waals surface area contributed by atoms with Crippen molar-refractivity contribution in [1.82, 2.24) is 9.97 Å². The fourth-order valence-corrected chi connectivity index (χ4v) is 1.80. The normalized spacial score (nSPS) is 19.4. The van der Waals surface area contributed by atoms with Crippen LogP contribution in [0, 0.1) is 6.92 Å². The molecule has 0 amide bonds. The molecule has 0 saturated heterocycles. The van der Waals surface area contributed by atoms with Crippen molar-refractivity contribution < 1.29 is 9.47 Å². The first-order chi connectivity index (χ1) is 7.26. The summed E-state index contributed by atoms with van der Waals surface area (Å²) in [5.41, 5.74) is 3.09. The van der Waals surface area contributed by atoms with Crippen molar-refractivity contribution in [1.29, 1.82) is 0 Å². The van der Waals surface area contributed by atoms with Gasteiger partial charge in [0, 0.05) is 30.9 Å². The van der Waals surface area contributed by atoms with Gasteiger partial charge in [0.05, 0.1) is 12.8 Å². The van der Waals surface area contributed by atoms with Crippen LogP contribution >= 0.6 is 0 Å². The van der Waals surface area contributed by atoms with Crippen LogP contribution in [0.4, 0.5) is 0 Å². The summed E-state index contributed by atoms with van der Waals surface area (Å²) >= 11 is 0. The highest BCUT2D eigenvalue weighted by atomic mass is 16.5. The molecular formula is C11H14N2O2. The molecule has 80 valence electrons. The minimum absolute atomic E-state index is 0.0211. The number of fused-ring (bicyclic) bond motifs is 1. The van der Waals surface area contributed by atoms with Crippen LogP contribution in [0.25, 0.3) is 6.08 Å². The summed E-state index contributed by atoms with van der Waals surface area (Å²) in [4.78, 5) is 8.40. The molecule has 4 nitrogen and oxygen atoms in total. The van der Waals surface area contributed by atoms with Crippen LogP contribution in [0.2, 0.25) is 0 Å². The highest BCUT2D eigenvalue weighted by Gasteiger charge is 2.24. The molecule has 0 spiro atoms. The van der Waals surface area contributed by atoms with Gasteiger partial charge < -0.3 is 9.47 Å². The number of methoxy groups -OCH3 is 2. The van der Waals surface area contributed by atoms with Gasteiger partial charge in [-0.25, -0.2) is 9.97 Å². The van der Waals surface area contributed by atoms with E-state index >= 15 is 0 Å². The Bertz CT molecular complexity index is 402. The number of nitrogens with zero attached hydrogens (tertiary/aromatic N) is 2. The molecule has 2 rings (SSSR count). The average molecular weight is 206 g/mol. The Morgan fingerprint density at radius 3 is 2.80 bits per heavy atom. The van der Waals surface area contributed by atoms with Crippen LogP contribution in [0.5, 0.6) is 0 Å². The molecule has 1 unspecified atom stereocenters. The molecule has 1 atom stereocenters. The summed E-state index contributed by atoms with van der Waals surface area (Å²) in [5, 5.41) is 0. The van der Waals surface area contributed by atoms with Gasteiger partial charge in [-0.2, -0.15) is 0 Å². The fraction of sp³-hybridized carbons (Fsp3) is 0.455. The molecule has 0 fully saturated rings. The van der Waals surface area contributed by atoms with E-state index < -0.39 is 0 Å². The van der Waals surface area contributed by atoms with Gasteiger partial charge in [-0.3, -0.25) is 0 Å². The van der Waals surface area contributed by atoms with Crippen LogP contribution in [-0.2, 0) is 15.9 Å². The maximum absolute atomic E-state index is 5.36. The van der Waals surface area contributed by atoms with E-state index in [0.717, 1.165) is 29.1 Å². The summed E-state index contributed by atoms with van der Waals surface area (Å²) in [7, 11) is 3.33. The van der Waals surface area contributed by atoms with E-state index in [1.807, 2.05) is 13.0 Å². The van der Waals surface area contributed by atoms with Crippen molar-refractivity contribution in [2.24, 2.45) is 0 Å². The molecule has 15 heavy (non-hydrogen) atoms. The molecule has 1 aromatic heterocycles. The van der Waals surface area contributed by atoms with E-state index in [1.165, 1.54) is 0 Å². The van der Waals surface area contributed by atoms with Crippen LogP contribution in [0.1, 0.15) is 17.0 Å². The monoisotopic (exact) mass is 206 g/mol. The Balaban J connectivity index is 2.46. The molecule has 1 aromatic rings. The van der Waals surface area contributed by atoms with Crippen LogP contribution in [-0.4, -0.2) is 30.3 Å². The Morgan fingerprint density at radius 1 is 1.33 bits per heavy atom. The first-order valence-corrected chi connectivity index (χ1v) is 4.85. The Hall–Kier alpha value is -1.42. The zero-order valence-electron chi connectivity index (χ0n) is 9.15. The Labute approximate surface area is 89.0 Å². The average Bonchev–Trinajstić information content (AvgIpc) is 2.28. The zero-order chi connectivity index (χ0) is 10.8. The van der Waals surface area contributed by atoms with Crippen LogP contribution in [0.15, 0.2) is 12.1 Å². The van der Waals surface area contributed by atoms with Crippen molar-refractivity contribution in [2.45, 2.75) is 19.4 Å². The lowest BCUT2D eigenvalue weighted by Crippen LogP contribution is -2.23. The second kappa shape index (κ2) is 3.98. The zero-order valence-corrected chi connectivity index (χ0v) is 9.15. The smallest absolute Gasteiger partial charge is 0.127 e. The highest BCUT2D eigenvalue weighted by Crippen LogP contribution is 2.25. The predicted octanol–water partition coefficient (Wildman–Crippen LogP) is 1.34. The number of rotatable bonds is 2. The van der Waals surface area contributed by atoms with E-state index in [-0.39, 0.29) is 6.10 Å². The quantitative estimate of drug-likeness (QED) is 0.732. The third-order valence-electron chi connectivity index (χ3n) is 2.70. The fourth-order valence-electron chi connectivity index (χ4n) is 1.80. The largest absolute Gasteiger partial charge is 0.498 e. The van der Waals surface area contributed by atoms with Gasteiger partial charge in [0.15, 0.2) is 0 Å². The molecular weight excluding hydrogens is 192 g/mol. The van der Waals surface area contributed by atoms with Crippen molar-refractivity contribution in [3.8, 4) is 0 Å². The standard InChI is InChI=1S/C11H14N2O2/c1-7-8-4-10(14-2)11(15-3)5-9(8)13-6-12-7/h5-6,10H,4H2,1-3H3. The summed E-state index contributed by atoms with van der Waals surface area (Å²) in [5.74, 6) is 0.822. The predicted molar refractivity (Wildman–Crippen MR) is 56.3 cm³/mol. The molecule has 1 aliphatic rings. The van der Waals surface area contributed by atoms with E-state index in [4.69, 9.17) is 9.47 Å². The maximum atomic E-state index is 5.36. The second-order valence-electron chi connectivity index (χ2n) is 3.50. The maximum Gasteiger partial charge on any atom is 0.127 e. The third-order valence-corrected chi connectivity index (χ3v) is 2.70. The van der Waals surface area contributed by atoms with Crippen molar-refractivity contribution >= 4 is 6.08 Å². The molecule has 0 radical (unpaired) electrons. The summed E-state index contributed by atoms with van der Waals surface area (Å²) in [6.45, 7) is 1.98. The third kappa shape index (κ3) is 1.72. The van der Waals surface area contributed by atoms with Gasteiger partial charge in [0.1, 0.15) is 18.2 Å². The van der Waals surface area contributed by atoms with E-state index in [1.54, 1.807) is 20.5 Å². The van der Waals surface area contributed by atoms with Crippen molar-refractivity contribution in [3.63, 3.8) is 0 Å². The summed E-state index contributed by atoms with van der Waals surface area (Å²) in [6, 6.07) is 0. The molecule has 0 N–H and O–H groups in total. The first kappa shape index (κ1) is 10.1. The van der Waals surface area contributed by atoms with Crippen molar-refractivity contribution in [3.05, 3.63) is 29.0 Å².